The van der Waals surface area contributed by atoms with Crippen LogP contribution < -0.4 is 9.47 Å². The van der Waals surface area contributed by atoms with Crippen molar-refractivity contribution in [1.82, 2.24) is 0 Å². The van der Waals surface area contributed by atoms with E-state index in [1.54, 1.807) is 49.4 Å². The highest BCUT2D eigenvalue weighted by Crippen LogP contribution is 2.25. The third kappa shape index (κ3) is 27.0. The smallest absolute Gasteiger partial charge is 0.343 e. The predicted octanol–water partition coefficient (Wildman–Crippen LogP) is 12.8. The highest BCUT2D eigenvalue weighted by Gasteiger charge is 2.16. The lowest BCUT2D eigenvalue weighted by atomic mass is 10.1. The van der Waals surface area contributed by atoms with Crippen molar-refractivity contribution in [1.29, 1.82) is 0 Å². The van der Waals surface area contributed by atoms with Crippen molar-refractivity contribution in [2.75, 3.05) is 46.8 Å². The fraction of sp³-hybridized carbons (Fsp3) is 0.350. The Bertz CT molecular complexity index is 2460. The topological polar surface area (TPSA) is 159 Å². The standard InChI is InChI=1S/C54H64O12.C3H4O.C3H6/c1-6-52(56)63-30-14-10-9-13-29-61-50-25-21-44-34-43(17-18-46(44)36-50)38-65-42(4)33-40(2)15-23-49(24-16-41(3)53(57)64-32-31-59-5)66-54(58)48-20-19-47-37-51(26-22-45(47)35-48)62-28-12-8-7-11-27-60-39-55;1-2-3-4;1-3-2/h6,15,17-26,33-37,39,41H,1-2,7-14,16,27-32,38H2,3-5H3;2-3H,1H2;3H,1H2,2H3/b23-15-,42-33+,49-24+;;. The van der Waals surface area contributed by atoms with Crippen molar-refractivity contribution in [3.63, 3.8) is 0 Å². The Morgan fingerprint density at radius 3 is 1.81 bits per heavy atom. The maximum absolute atomic E-state index is 13.5. The molecule has 0 saturated carbocycles. The number of hydrogen-bond donors (Lipinski definition) is 0. The molecular formula is C60H74O13. The second-order valence-corrected chi connectivity index (χ2v) is 16.5. The van der Waals surface area contributed by atoms with Gasteiger partial charge >= 0.3 is 17.9 Å². The third-order valence-electron chi connectivity index (χ3n) is 10.4. The lowest BCUT2D eigenvalue weighted by Gasteiger charge is -2.11. The van der Waals surface area contributed by atoms with Crippen molar-refractivity contribution in [2.45, 2.75) is 85.2 Å². The van der Waals surface area contributed by atoms with Crippen molar-refractivity contribution >= 4 is 52.2 Å². The van der Waals surface area contributed by atoms with E-state index in [4.69, 9.17) is 42.7 Å². The van der Waals surface area contributed by atoms with E-state index in [1.807, 2.05) is 68.4 Å². The van der Waals surface area contributed by atoms with Crippen LogP contribution >= 0.6 is 0 Å². The molecule has 0 aliphatic rings. The zero-order valence-electron chi connectivity index (χ0n) is 43.2. The van der Waals surface area contributed by atoms with E-state index < -0.39 is 11.9 Å². The Morgan fingerprint density at radius 2 is 1.22 bits per heavy atom. The van der Waals surface area contributed by atoms with Crippen LogP contribution in [0.3, 0.4) is 0 Å². The highest BCUT2D eigenvalue weighted by atomic mass is 16.6. The van der Waals surface area contributed by atoms with Crippen LogP contribution in [0.5, 0.6) is 11.5 Å². The van der Waals surface area contributed by atoms with E-state index in [2.05, 4.69) is 32.4 Å². The van der Waals surface area contributed by atoms with Gasteiger partial charge in [-0.3, -0.25) is 14.4 Å². The Kier molecular flexibility index (Phi) is 32.2. The number of carbonyl (C=O) groups is 5. The Balaban J connectivity index is 0.00000245. The van der Waals surface area contributed by atoms with Crippen LogP contribution in [-0.4, -0.2) is 77.4 Å². The van der Waals surface area contributed by atoms with Gasteiger partial charge in [0.2, 0.25) is 0 Å². The number of allylic oxidation sites excluding steroid dienone is 8. The molecule has 0 heterocycles. The van der Waals surface area contributed by atoms with E-state index >= 15 is 0 Å². The largest absolute Gasteiger partial charge is 0.494 e. The van der Waals surface area contributed by atoms with Gasteiger partial charge in [0.1, 0.15) is 36.8 Å². The Hall–Kier alpha value is -7.51. The molecule has 1 atom stereocenters. The fourth-order valence-electron chi connectivity index (χ4n) is 6.56. The van der Waals surface area contributed by atoms with Gasteiger partial charge in [-0.05, 0) is 171 Å². The maximum atomic E-state index is 13.5. The van der Waals surface area contributed by atoms with Crippen molar-refractivity contribution in [3.05, 3.63) is 170 Å². The van der Waals surface area contributed by atoms with Crippen LogP contribution in [0.1, 0.15) is 94.5 Å². The number of carbonyl (C=O) groups excluding carboxylic acids is 5. The molecule has 0 saturated heterocycles. The number of methoxy groups -OCH3 is 1. The number of esters is 3. The minimum Gasteiger partial charge on any atom is -0.494 e. The van der Waals surface area contributed by atoms with E-state index in [0.29, 0.717) is 69.3 Å². The maximum Gasteiger partial charge on any atom is 0.343 e. The molecule has 0 spiro atoms. The van der Waals surface area contributed by atoms with Gasteiger partial charge < -0.3 is 37.9 Å². The summed E-state index contributed by atoms with van der Waals surface area (Å²) in [5.74, 6) is 0.608. The molecule has 0 aromatic heterocycles. The molecule has 4 rings (SSSR count). The lowest BCUT2D eigenvalue weighted by molar-refractivity contribution is -0.149. The minimum absolute atomic E-state index is 0.148. The van der Waals surface area contributed by atoms with Crippen molar-refractivity contribution in [2.24, 2.45) is 5.92 Å². The molecule has 13 heteroatoms. The number of aldehydes is 1. The summed E-state index contributed by atoms with van der Waals surface area (Å²) < 4.78 is 43.9. The molecule has 13 nitrogen and oxygen atoms in total. The zero-order chi connectivity index (χ0) is 53.5. The summed E-state index contributed by atoms with van der Waals surface area (Å²) in [4.78, 5) is 56.5. The molecule has 0 bridgehead atoms. The fourth-order valence-corrected chi connectivity index (χ4v) is 6.56. The number of unbranched alkanes of at least 4 members (excludes halogenated alkanes) is 6. The molecule has 0 N–H and O–H groups in total. The van der Waals surface area contributed by atoms with Crippen molar-refractivity contribution < 1.29 is 61.9 Å². The molecule has 0 fully saturated rings. The second kappa shape index (κ2) is 38.2. The van der Waals surface area contributed by atoms with Crippen molar-refractivity contribution in [3.8, 4) is 11.5 Å². The van der Waals surface area contributed by atoms with Crippen LogP contribution in [0, 0.1) is 5.92 Å². The molecule has 4 aromatic carbocycles. The van der Waals surface area contributed by atoms with Crippen LogP contribution in [0.25, 0.3) is 21.5 Å². The van der Waals surface area contributed by atoms with Gasteiger partial charge in [-0.15, -0.1) is 6.58 Å². The first kappa shape index (κ1) is 61.6. The van der Waals surface area contributed by atoms with E-state index in [0.717, 1.165) is 90.0 Å². The monoisotopic (exact) mass is 1000 g/mol. The summed E-state index contributed by atoms with van der Waals surface area (Å²) in [5, 5.41) is 3.89. The molecule has 0 amide bonds. The molecule has 4 aromatic rings. The summed E-state index contributed by atoms with van der Waals surface area (Å²) in [6, 6.07) is 23.2. The first-order valence-electron chi connectivity index (χ1n) is 24.5. The number of rotatable bonds is 33. The van der Waals surface area contributed by atoms with Gasteiger partial charge in [-0.2, -0.15) is 0 Å². The molecule has 0 aliphatic heterocycles. The van der Waals surface area contributed by atoms with E-state index in [-0.39, 0.29) is 30.7 Å². The average molecular weight is 1000 g/mol. The quantitative estimate of drug-likeness (QED) is 0.00649. The van der Waals surface area contributed by atoms with Gasteiger partial charge in [-0.1, -0.05) is 69.1 Å². The third-order valence-corrected chi connectivity index (χ3v) is 10.4. The minimum atomic E-state index is -0.559. The highest BCUT2D eigenvalue weighted by molar-refractivity contribution is 5.96. The summed E-state index contributed by atoms with van der Waals surface area (Å²) in [6.45, 7) is 22.8. The first-order chi connectivity index (χ1) is 35.4. The number of fused-ring (bicyclic) bond motifs is 2. The Morgan fingerprint density at radius 1 is 0.658 bits per heavy atom. The molecule has 392 valence electrons. The normalized spacial score (nSPS) is 11.4. The summed E-state index contributed by atoms with van der Waals surface area (Å²) in [6.07, 6.45) is 19.2. The van der Waals surface area contributed by atoms with E-state index in [1.165, 1.54) is 19.3 Å². The van der Waals surface area contributed by atoms with E-state index in [9.17, 15) is 19.2 Å². The van der Waals surface area contributed by atoms with Gasteiger partial charge in [0.05, 0.1) is 50.3 Å². The van der Waals surface area contributed by atoms with Gasteiger partial charge in [0.25, 0.3) is 6.47 Å². The van der Waals surface area contributed by atoms with Gasteiger partial charge in [-0.25, -0.2) is 9.59 Å². The van der Waals surface area contributed by atoms with Gasteiger partial charge in [0.15, 0.2) is 0 Å². The van der Waals surface area contributed by atoms with Crippen LogP contribution in [0.2, 0.25) is 0 Å². The SMILES string of the molecule is C=CC.C=CC(=O)OCCCCCCOc1ccc2cc(CO/C(C)=C/C(=C)/C=C\C(=C/CC(C)C(=O)OCCOC)OC(=O)c3ccc4cc(OCCCCCCOC=O)ccc4c3)ccc2c1.C=CC=O. The molecule has 0 radical (unpaired) electrons. The zero-order valence-corrected chi connectivity index (χ0v) is 43.2. The molecule has 73 heavy (non-hydrogen) atoms. The van der Waals surface area contributed by atoms with Gasteiger partial charge in [0, 0.05) is 13.2 Å². The molecule has 1 unspecified atom stereocenters. The lowest BCUT2D eigenvalue weighted by Crippen LogP contribution is -2.17. The number of hydrogen-bond acceptors (Lipinski definition) is 13. The summed E-state index contributed by atoms with van der Waals surface area (Å²) in [7, 11) is 1.54. The molecular weight excluding hydrogens is 929 g/mol. The average Bonchev–Trinajstić information content (AvgIpc) is 3.40. The number of benzene rings is 4. The van der Waals surface area contributed by atoms with Crippen LogP contribution in [0.4, 0.5) is 0 Å². The molecule has 0 aliphatic carbocycles. The predicted molar refractivity (Wildman–Crippen MR) is 288 cm³/mol. The Labute approximate surface area is 431 Å². The second-order valence-electron chi connectivity index (χ2n) is 16.5. The van der Waals surface area contributed by atoms with Crippen LogP contribution in [0.15, 0.2) is 159 Å². The first-order valence-corrected chi connectivity index (χ1v) is 24.5. The summed E-state index contributed by atoms with van der Waals surface area (Å²) in [5.41, 5.74) is 1.96. The number of ether oxygens (including phenoxy) is 8. The summed E-state index contributed by atoms with van der Waals surface area (Å²) >= 11 is 0. The van der Waals surface area contributed by atoms with Crippen LogP contribution in [-0.2, 0) is 54.2 Å².